The molecule has 0 aliphatic carbocycles. The summed E-state index contributed by atoms with van der Waals surface area (Å²) in [5.41, 5.74) is 6.27. The van der Waals surface area contributed by atoms with Crippen LogP contribution in [0, 0.1) is 5.92 Å². The van der Waals surface area contributed by atoms with Gasteiger partial charge in [-0.05, 0) is 12.0 Å². The van der Waals surface area contributed by atoms with Crippen LogP contribution in [0.25, 0.3) is 0 Å². The quantitative estimate of drug-likeness (QED) is 0.850. The third-order valence-electron chi connectivity index (χ3n) is 2.93. The maximum Gasteiger partial charge on any atom is 0.394 e. The van der Waals surface area contributed by atoms with Crippen molar-refractivity contribution in [2.24, 2.45) is 16.6 Å². The van der Waals surface area contributed by atoms with E-state index in [1.165, 1.54) is 0 Å². The van der Waals surface area contributed by atoms with Crippen molar-refractivity contribution in [3.8, 4) is 0 Å². The molecule has 0 bridgehead atoms. The normalized spacial score (nSPS) is 24.8. The van der Waals surface area contributed by atoms with E-state index in [9.17, 15) is 13.2 Å². The molecule has 0 radical (unpaired) electrons. The summed E-state index contributed by atoms with van der Waals surface area (Å²) in [5.74, 6) is -1.34. The van der Waals surface area contributed by atoms with Crippen molar-refractivity contribution < 1.29 is 13.2 Å². The molecule has 1 aliphatic rings. The fraction of sp³-hybridized carbons (Fsp3) is 0.417. The molecule has 17 heavy (non-hydrogen) atoms. The standard InChI is InChI=1S/C12H13F3N2/c13-12(14,15)9-7-11(16)17-10(9)6-8-4-2-1-3-5-8/h1-5,9-10H,6-7H2,(H2,16,17)/t9-,10+/m0/s1. The van der Waals surface area contributed by atoms with Crippen molar-refractivity contribution >= 4 is 5.84 Å². The van der Waals surface area contributed by atoms with Crippen LogP contribution in [0.5, 0.6) is 0 Å². The molecule has 2 atom stereocenters. The fourth-order valence-electron chi connectivity index (χ4n) is 2.09. The van der Waals surface area contributed by atoms with Crippen LogP contribution >= 0.6 is 0 Å². The van der Waals surface area contributed by atoms with Crippen LogP contribution < -0.4 is 5.73 Å². The van der Waals surface area contributed by atoms with Gasteiger partial charge in [0.15, 0.2) is 0 Å². The number of aliphatic imine (C=N–C) groups is 1. The summed E-state index contributed by atoms with van der Waals surface area (Å²) in [6.07, 6.45) is -4.13. The van der Waals surface area contributed by atoms with Gasteiger partial charge in [0, 0.05) is 6.42 Å². The van der Waals surface area contributed by atoms with E-state index in [1.807, 2.05) is 6.07 Å². The zero-order valence-corrected chi connectivity index (χ0v) is 9.11. The molecular weight excluding hydrogens is 229 g/mol. The molecule has 0 fully saturated rings. The van der Waals surface area contributed by atoms with Gasteiger partial charge in [0.1, 0.15) is 0 Å². The number of rotatable bonds is 2. The second kappa shape index (κ2) is 4.39. The highest BCUT2D eigenvalue weighted by atomic mass is 19.4. The van der Waals surface area contributed by atoms with Gasteiger partial charge in [0.2, 0.25) is 0 Å². The molecule has 0 saturated carbocycles. The number of halogens is 3. The first kappa shape index (κ1) is 12.0. The van der Waals surface area contributed by atoms with Crippen LogP contribution in [0.4, 0.5) is 13.2 Å². The number of alkyl halides is 3. The summed E-state index contributed by atoms with van der Waals surface area (Å²) >= 11 is 0. The summed E-state index contributed by atoms with van der Waals surface area (Å²) in [4.78, 5) is 3.91. The molecule has 0 aromatic heterocycles. The molecule has 5 heteroatoms. The van der Waals surface area contributed by atoms with Crippen molar-refractivity contribution in [1.29, 1.82) is 0 Å². The lowest BCUT2D eigenvalue weighted by molar-refractivity contribution is -0.175. The Bertz CT molecular complexity index is 412. The van der Waals surface area contributed by atoms with E-state index in [0.29, 0.717) is 0 Å². The van der Waals surface area contributed by atoms with Crippen LogP contribution in [0.2, 0.25) is 0 Å². The average Bonchev–Trinajstić information content (AvgIpc) is 2.60. The monoisotopic (exact) mass is 242 g/mol. The summed E-state index contributed by atoms with van der Waals surface area (Å²) in [7, 11) is 0. The Kier molecular flexibility index (Phi) is 3.09. The number of hydrogen-bond donors (Lipinski definition) is 1. The Morgan fingerprint density at radius 3 is 2.47 bits per heavy atom. The van der Waals surface area contributed by atoms with Gasteiger partial charge < -0.3 is 5.73 Å². The number of hydrogen-bond acceptors (Lipinski definition) is 2. The lowest BCUT2D eigenvalue weighted by atomic mass is 9.93. The van der Waals surface area contributed by atoms with Crippen LogP contribution in [0.1, 0.15) is 12.0 Å². The predicted molar refractivity (Wildman–Crippen MR) is 59.7 cm³/mol. The summed E-state index contributed by atoms with van der Waals surface area (Å²) < 4.78 is 38.3. The first-order valence-electron chi connectivity index (χ1n) is 5.39. The number of amidine groups is 1. The van der Waals surface area contributed by atoms with Crippen molar-refractivity contribution in [2.75, 3.05) is 0 Å². The highest BCUT2D eigenvalue weighted by Gasteiger charge is 2.47. The average molecular weight is 242 g/mol. The Balaban J connectivity index is 2.14. The molecule has 1 aromatic rings. The fourth-order valence-corrected chi connectivity index (χ4v) is 2.09. The molecule has 1 aliphatic heterocycles. The van der Waals surface area contributed by atoms with E-state index in [0.717, 1.165) is 5.56 Å². The molecule has 1 aromatic carbocycles. The Morgan fingerprint density at radius 2 is 1.88 bits per heavy atom. The lowest BCUT2D eigenvalue weighted by Crippen LogP contribution is -2.32. The van der Waals surface area contributed by atoms with Gasteiger partial charge in [-0.1, -0.05) is 30.3 Å². The topological polar surface area (TPSA) is 38.4 Å². The molecule has 0 amide bonds. The molecule has 92 valence electrons. The minimum absolute atomic E-state index is 0.105. The highest BCUT2D eigenvalue weighted by molar-refractivity contribution is 5.82. The zero-order chi connectivity index (χ0) is 12.5. The molecular formula is C12H13F3N2. The molecule has 0 saturated heterocycles. The van der Waals surface area contributed by atoms with E-state index in [1.54, 1.807) is 24.3 Å². The Morgan fingerprint density at radius 1 is 1.24 bits per heavy atom. The van der Waals surface area contributed by atoms with E-state index in [2.05, 4.69) is 4.99 Å². The van der Waals surface area contributed by atoms with Gasteiger partial charge >= 0.3 is 6.18 Å². The maximum absolute atomic E-state index is 12.8. The van der Waals surface area contributed by atoms with Crippen molar-refractivity contribution in [3.63, 3.8) is 0 Å². The summed E-state index contributed by atoms with van der Waals surface area (Å²) in [6, 6.07) is 8.27. The van der Waals surface area contributed by atoms with Gasteiger partial charge in [-0.25, -0.2) is 0 Å². The highest BCUT2D eigenvalue weighted by Crippen LogP contribution is 2.37. The third-order valence-corrected chi connectivity index (χ3v) is 2.93. The van der Waals surface area contributed by atoms with E-state index in [4.69, 9.17) is 5.73 Å². The first-order chi connectivity index (χ1) is 7.97. The van der Waals surface area contributed by atoms with E-state index in [-0.39, 0.29) is 18.7 Å². The molecule has 2 rings (SSSR count). The molecule has 2 N–H and O–H groups in total. The molecule has 0 spiro atoms. The maximum atomic E-state index is 12.8. The Hall–Kier alpha value is -1.52. The summed E-state index contributed by atoms with van der Waals surface area (Å²) in [6.45, 7) is 0. The van der Waals surface area contributed by atoms with Crippen molar-refractivity contribution in [2.45, 2.75) is 25.1 Å². The van der Waals surface area contributed by atoms with Gasteiger partial charge in [0.25, 0.3) is 0 Å². The number of nitrogens with zero attached hydrogens (tertiary/aromatic N) is 1. The number of nitrogens with two attached hydrogens (primary N) is 1. The molecule has 2 nitrogen and oxygen atoms in total. The second-order valence-corrected chi connectivity index (χ2v) is 4.23. The zero-order valence-electron chi connectivity index (χ0n) is 9.11. The smallest absolute Gasteiger partial charge is 0.387 e. The molecule has 1 heterocycles. The van der Waals surface area contributed by atoms with Gasteiger partial charge in [0.05, 0.1) is 17.8 Å². The van der Waals surface area contributed by atoms with E-state index >= 15 is 0 Å². The predicted octanol–water partition coefficient (Wildman–Crippen LogP) is 2.54. The van der Waals surface area contributed by atoms with Gasteiger partial charge in [-0.2, -0.15) is 13.2 Å². The Labute approximate surface area is 97.3 Å². The minimum atomic E-state index is -4.23. The van der Waals surface area contributed by atoms with Gasteiger partial charge in [-0.15, -0.1) is 0 Å². The lowest BCUT2D eigenvalue weighted by Gasteiger charge is -2.20. The number of benzene rings is 1. The first-order valence-corrected chi connectivity index (χ1v) is 5.39. The summed E-state index contributed by atoms with van der Waals surface area (Å²) in [5, 5.41) is 0. The molecule has 0 unspecified atom stereocenters. The van der Waals surface area contributed by atoms with E-state index < -0.39 is 18.1 Å². The van der Waals surface area contributed by atoms with Crippen LogP contribution in [0.3, 0.4) is 0 Å². The van der Waals surface area contributed by atoms with Crippen molar-refractivity contribution in [3.05, 3.63) is 35.9 Å². The van der Waals surface area contributed by atoms with Crippen LogP contribution in [-0.2, 0) is 6.42 Å². The van der Waals surface area contributed by atoms with Gasteiger partial charge in [-0.3, -0.25) is 4.99 Å². The third kappa shape index (κ3) is 2.78. The van der Waals surface area contributed by atoms with Crippen LogP contribution in [-0.4, -0.2) is 18.1 Å². The van der Waals surface area contributed by atoms with Crippen molar-refractivity contribution in [1.82, 2.24) is 0 Å². The second-order valence-electron chi connectivity index (χ2n) is 4.23. The largest absolute Gasteiger partial charge is 0.394 e. The van der Waals surface area contributed by atoms with Crippen LogP contribution in [0.15, 0.2) is 35.3 Å². The SMILES string of the molecule is NC1=N[C@H](Cc2ccccc2)[C@@H](C(F)(F)F)C1. The minimum Gasteiger partial charge on any atom is -0.387 e.